The molecule has 19 heavy (non-hydrogen) atoms. The van der Waals surface area contributed by atoms with Crippen LogP contribution in [0.3, 0.4) is 0 Å². The molecule has 0 amide bonds. The molecule has 0 saturated heterocycles. The zero-order chi connectivity index (χ0) is 13.7. The van der Waals surface area contributed by atoms with Crippen LogP contribution in [-0.4, -0.2) is 12.8 Å². The Balaban J connectivity index is 2.02. The normalized spacial score (nSPS) is 18.2. The maximum Gasteiger partial charge on any atom is 0.0453 e. The summed E-state index contributed by atoms with van der Waals surface area (Å²) in [6.07, 6.45) is 7.05. The van der Waals surface area contributed by atoms with Crippen LogP contribution < -0.4 is 5.32 Å². The molecule has 2 N–H and O–H groups in total. The van der Waals surface area contributed by atoms with Crippen molar-refractivity contribution in [2.24, 2.45) is 5.92 Å². The van der Waals surface area contributed by atoms with Gasteiger partial charge in [-0.25, -0.2) is 0 Å². The topological polar surface area (TPSA) is 35.9 Å². The van der Waals surface area contributed by atoms with Crippen molar-refractivity contribution in [2.45, 2.75) is 44.6 Å². The van der Waals surface area contributed by atoms with Gasteiger partial charge in [-0.2, -0.15) is 0 Å². The Morgan fingerprint density at radius 2 is 2.00 bits per heavy atom. The molecule has 1 fully saturated rings. The second kappa shape index (κ2) is 7.06. The SMILES string of the molecule is CNC(CC(=N)C1CCCCC1)c1ccccc1Cl. The van der Waals surface area contributed by atoms with Crippen LogP contribution in [0.5, 0.6) is 0 Å². The maximum atomic E-state index is 8.35. The second-order valence-electron chi connectivity index (χ2n) is 5.43. The molecule has 1 aromatic carbocycles. The van der Waals surface area contributed by atoms with E-state index in [-0.39, 0.29) is 6.04 Å². The lowest BCUT2D eigenvalue weighted by Gasteiger charge is -2.26. The first kappa shape index (κ1) is 14.5. The summed E-state index contributed by atoms with van der Waals surface area (Å²) < 4.78 is 0. The van der Waals surface area contributed by atoms with Gasteiger partial charge in [0.05, 0.1) is 0 Å². The van der Waals surface area contributed by atoms with E-state index in [1.807, 2.05) is 25.2 Å². The van der Waals surface area contributed by atoms with Crippen LogP contribution in [0.15, 0.2) is 24.3 Å². The van der Waals surface area contributed by atoms with Gasteiger partial charge < -0.3 is 10.7 Å². The Morgan fingerprint density at radius 1 is 1.32 bits per heavy atom. The minimum absolute atomic E-state index is 0.156. The van der Waals surface area contributed by atoms with Crippen LogP contribution >= 0.6 is 11.6 Å². The van der Waals surface area contributed by atoms with Gasteiger partial charge in [0.1, 0.15) is 0 Å². The number of hydrogen-bond donors (Lipinski definition) is 2. The highest BCUT2D eigenvalue weighted by atomic mass is 35.5. The first-order chi connectivity index (χ1) is 9.22. The molecule has 0 radical (unpaired) electrons. The first-order valence-electron chi connectivity index (χ1n) is 7.21. The molecule has 0 spiro atoms. The summed E-state index contributed by atoms with van der Waals surface area (Å²) in [5.41, 5.74) is 1.99. The minimum Gasteiger partial charge on any atom is -0.313 e. The Morgan fingerprint density at radius 3 is 2.63 bits per heavy atom. The fourth-order valence-corrected chi connectivity index (χ4v) is 3.23. The van der Waals surface area contributed by atoms with Gasteiger partial charge in [-0.15, -0.1) is 0 Å². The molecule has 3 heteroatoms. The maximum absolute atomic E-state index is 8.35. The molecule has 1 aromatic rings. The molecule has 1 aliphatic rings. The lowest BCUT2D eigenvalue weighted by molar-refractivity contribution is 0.429. The van der Waals surface area contributed by atoms with E-state index in [2.05, 4.69) is 11.4 Å². The molecule has 1 aliphatic carbocycles. The van der Waals surface area contributed by atoms with Gasteiger partial charge in [0.2, 0.25) is 0 Å². The Bertz CT molecular complexity index is 425. The van der Waals surface area contributed by atoms with Crippen LogP contribution in [0.25, 0.3) is 0 Å². The molecule has 1 saturated carbocycles. The minimum atomic E-state index is 0.156. The average molecular weight is 279 g/mol. The highest BCUT2D eigenvalue weighted by Gasteiger charge is 2.22. The van der Waals surface area contributed by atoms with Gasteiger partial charge in [0.15, 0.2) is 0 Å². The molecular formula is C16H23ClN2. The lowest BCUT2D eigenvalue weighted by Crippen LogP contribution is -2.25. The van der Waals surface area contributed by atoms with E-state index in [4.69, 9.17) is 17.0 Å². The smallest absolute Gasteiger partial charge is 0.0453 e. The van der Waals surface area contributed by atoms with Gasteiger partial charge in [0, 0.05) is 23.2 Å². The predicted octanol–water partition coefficient (Wildman–Crippen LogP) is 4.59. The summed E-state index contributed by atoms with van der Waals surface area (Å²) >= 11 is 6.26. The first-order valence-corrected chi connectivity index (χ1v) is 7.59. The Kier molecular flexibility index (Phi) is 5.41. The molecule has 0 bridgehead atoms. The van der Waals surface area contributed by atoms with E-state index >= 15 is 0 Å². The molecule has 2 nitrogen and oxygen atoms in total. The van der Waals surface area contributed by atoms with Crippen LogP contribution in [0, 0.1) is 11.3 Å². The number of nitrogens with one attached hydrogen (secondary N) is 2. The highest BCUT2D eigenvalue weighted by Crippen LogP contribution is 2.30. The quantitative estimate of drug-likeness (QED) is 0.759. The van der Waals surface area contributed by atoms with Gasteiger partial charge in [0.25, 0.3) is 0 Å². The average Bonchev–Trinajstić information content (AvgIpc) is 2.46. The summed E-state index contributed by atoms with van der Waals surface area (Å²) in [4.78, 5) is 0. The second-order valence-corrected chi connectivity index (χ2v) is 5.83. The van der Waals surface area contributed by atoms with Crippen molar-refractivity contribution in [3.8, 4) is 0 Å². The van der Waals surface area contributed by atoms with Crippen molar-refractivity contribution in [3.05, 3.63) is 34.9 Å². The summed E-state index contributed by atoms with van der Waals surface area (Å²) in [6.45, 7) is 0. The third-order valence-corrected chi connectivity index (χ3v) is 4.50. The number of benzene rings is 1. The van der Waals surface area contributed by atoms with E-state index in [0.29, 0.717) is 5.92 Å². The third-order valence-electron chi connectivity index (χ3n) is 4.15. The third kappa shape index (κ3) is 3.80. The fourth-order valence-electron chi connectivity index (χ4n) is 2.96. The van der Waals surface area contributed by atoms with Gasteiger partial charge in [-0.3, -0.25) is 0 Å². The molecule has 1 atom stereocenters. The van der Waals surface area contributed by atoms with E-state index in [9.17, 15) is 0 Å². The molecule has 2 rings (SSSR count). The number of halogens is 1. The van der Waals surface area contributed by atoms with Crippen LogP contribution in [0.1, 0.15) is 50.1 Å². The summed E-state index contributed by atoms with van der Waals surface area (Å²) in [7, 11) is 1.95. The van der Waals surface area contributed by atoms with Crippen molar-refractivity contribution < 1.29 is 0 Å². The number of rotatable bonds is 5. The molecule has 0 heterocycles. The standard InChI is InChI=1S/C16H23ClN2/c1-19-16(13-9-5-6-10-14(13)17)11-15(18)12-7-3-2-4-8-12/h5-6,9-10,12,16,18-19H,2-4,7-8,11H2,1H3. The predicted molar refractivity (Wildman–Crippen MR) is 82.2 cm³/mol. The largest absolute Gasteiger partial charge is 0.313 e. The van der Waals surface area contributed by atoms with Crippen molar-refractivity contribution in [2.75, 3.05) is 7.05 Å². The number of hydrogen-bond acceptors (Lipinski definition) is 2. The molecule has 104 valence electrons. The van der Waals surface area contributed by atoms with Gasteiger partial charge >= 0.3 is 0 Å². The van der Waals surface area contributed by atoms with Crippen molar-refractivity contribution in [1.29, 1.82) is 5.41 Å². The van der Waals surface area contributed by atoms with Crippen molar-refractivity contribution in [3.63, 3.8) is 0 Å². The molecule has 0 aliphatic heterocycles. The summed E-state index contributed by atoms with van der Waals surface area (Å²) in [5, 5.41) is 12.4. The van der Waals surface area contributed by atoms with Crippen LogP contribution in [0.4, 0.5) is 0 Å². The zero-order valence-electron chi connectivity index (χ0n) is 11.6. The van der Waals surface area contributed by atoms with E-state index in [1.165, 1.54) is 32.1 Å². The van der Waals surface area contributed by atoms with E-state index < -0.39 is 0 Å². The van der Waals surface area contributed by atoms with Crippen LogP contribution in [-0.2, 0) is 0 Å². The Labute approximate surface area is 121 Å². The zero-order valence-corrected chi connectivity index (χ0v) is 12.3. The summed E-state index contributed by atoms with van der Waals surface area (Å²) in [5.74, 6) is 0.493. The molecule has 1 unspecified atom stereocenters. The fraction of sp³-hybridized carbons (Fsp3) is 0.562. The van der Waals surface area contributed by atoms with Gasteiger partial charge in [-0.1, -0.05) is 49.1 Å². The van der Waals surface area contributed by atoms with E-state index in [0.717, 1.165) is 22.7 Å². The van der Waals surface area contributed by atoms with Crippen LogP contribution in [0.2, 0.25) is 5.02 Å². The highest BCUT2D eigenvalue weighted by molar-refractivity contribution is 6.31. The van der Waals surface area contributed by atoms with Crippen molar-refractivity contribution in [1.82, 2.24) is 5.32 Å². The van der Waals surface area contributed by atoms with Gasteiger partial charge in [-0.05, 0) is 37.4 Å². The summed E-state index contributed by atoms with van der Waals surface area (Å²) in [6, 6.07) is 8.09. The molecular weight excluding hydrogens is 256 g/mol. The monoisotopic (exact) mass is 278 g/mol. The van der Waals surface area contributed by atoms with E-state index in [1.54, 1.807) is 0 Å². The Hall–Kier alpha value is -0.860. The lowest BCUT2D eigenvalue weighted by atomic mass is 9.83. The molecule has 0 aromatic heterocycles. The van der Waals surface area contributed by atoms with Crippen molar-refractivity contribution >= 4 is 17.3 Å².